The number of aldehydes is 1. The van der Waals surface area contributed by atoms with Crippen LogP contribution in [0.5, 0.6) is 0 Å². The van der Waals surface area contributed by atoms with Crippen molar-refractivity contribution in [3.63, 3.8) is 0 Å². The van der Waals surface area contributed by atoms with Gasteiger partial charge in [0.2, 0.25) is 5.91 Å². The Morgan fingerprint density at radius 1 is 1.06 bits per heavy atom. The zero-order chi connectivity index (χ0) is 23.8. The highest BCUT2D eigenvalue weighted by Gasteiger charge is 2.27. The van der Waals surface area contributed by atoms with E-state index in [4.69, 9.17) is 5.73 Å². The summed E-state index contributed by atoms with van der Waals surface area (Å²) in [5.74, 6) is 0.228. The average molecular weight is 448 g/mol. The van der Waals surface area contributed by atoms with Crippen LogP contribution in [0.4, 0.5) is 5.69 Å². The van der Waals surface area contributed by atoms with Gasteiger partial charge >= 0.3 is 0 Å². The van der Waals surface area contributed by atoms with Gasteiger partial charge in [0.25, 0.3) is 0 Å². The first-order valence-corrected chi connectivity index (χ1v) is 11.3. The number of carbonyl (C=O) groups excluding carboxylic acids is 2. The Labute approximate surface area is 195 Å². The maximum absolute atomic E-state index is 12.2. The van der Waals surface area contributed by atoms with E-state index in [2.05, 4.69) is 20.2 Å². The second kappa shape index (κ2) is 11.0. The third kappa shape index (κ3) is 7.08. The van der Waals surface area contributed by atoms with Gasteiger partial charge in [0.15, 0.2) is 6.29 Å². The number of fused-ring (bicyclic) bond motifs is 1. The van der Waals surface area contributed by atoms with Crippen molar-refractivity contribution in [1.82, 2.24) is 20.2 Å². The summed E-state index contributed by atoms with van der Waals surface area (Å²) in [5.41, 5.74) is 9.63. The predicted octanol–water partition coefficient (Wildman–Crippen LogP) is 3.84. The molecule has 1 aliphatic heterocycles. The molecule has 0 spiro atoms. The molecule has 2 aromatic carbocycles. The molecule has 0 aliphatic carbocycles. The Morgan fingerprint density at radius 2 is 1.67 bits per heavy atom. The first-order valence-electron chi connectivity index (χ1n) is 11.3. The molecule has 7 nitrogen and oxygen atoms in total. The van der Waals surface area contributed by atoms with Gasteiger partial charge < -0.3 is 11.1 Å². The lowest BCUT2D eigenvalue weighted by atomic mass is 9.94. The predicted molar refractivity (Wildman–Crippen MR) is 132 cm³/mol. The number of nitrogens with one attached hydrogen (secondary N) is 1. The first-order chi connectivity index (χ1) is 15.8. The van der Waals surface area contributed by atoms with E-state index in [0.717, 1.165) is 48.8 Å². The van der Waals surface area contributed by atoms with Gasteiger partial charge in [-0.3, -0.25) is 24.5 Å². The van der Waals surface area contributed by atoms with Crippen LogP contribution in [-0.2, 0) is 11.3 Å². The smallest absolute Gasteiger partial charge is 0.223 e. The van der Waals surface area contributed by atoms with Crippen LogP contribution in [0.15, 0.2) is 54.9 Å². The van der Waals surface area contributed by atoms with E-state index >= 15 is 0 Å². The summed E-state index contributed by atoms with van der Waals surface area (Å²) in [6.45, 7) is 8.42. The van der Waals surface area contributed by atoms with E-state index in [1.165, 1.54) is 0 Å². The number of piperidine rings is 1. The first kappa shape index (κ1) is 24.3. The third-order valence-corrected chi connectivity index (χ3v) is 5.57. The van der Waals surface area contributed by atoms with Gasteiger partial charge in [0.05, 0.1) is 11.0 Å². The number of para-hydroxylation sites is 2. The molecule has 2 heterocycles. The summed E-state index contributed by atoms with van der Waals surface area (Å²) in [6, 6.07) is 13.4. The number of amides is 1. The molecule has 0 atom stereocenters. The van der Waals surface area contributed by atoms with Crippen LogP contribution in [0.25, 0.3) is 11.0 Å². The Kier molecular flexibility index (Phi) is 8.11. The molecular formula is C26H33N5O2. The monoisotopic (exact) mass is 447 g/mol. The van der Waals surface area contributed by atoms with Gasteiger partial charge in [-0.2, -0.15) is 0 Å². The van der Waals surface area contributed by atoms with Gasteiger partial charge in [0, 0.05) is 41.6 Å². The number of rotatable bonds is 4. The average Bonchev–Trinajstić information content (AvgIpc) is 2.79. The number of carbonyl (C=O) groups is 2. The fraction of sp³-hybridized carbons (Fsp3) is 0.385. The highest BCUT2D eigenvalue weighted by Crippen LogP contribution is 2.22. The molecule has 7 heteroatoms. The molecule has 3 N–H and O–H groups in total. The zero-order valence-corrected chi connectivity index (χ0v) is 19.6. The topological polar surface area (TPSA) is 101 Å². The highest BCUT2D eigenvalue weighted by molar-refractivity contribution is 5.85. The number of nitrogens with zero attached hydrogens (tertiary/aromatic N) is 3. The van der Waals surface area contributed by atoms with E-state index < -0.39 is 0 Å². The Hall–Kier alpha value is -3.32. The lowest BCUT2D eigenvalue weighted by Gasteiger charge is -2.33. The number of hydrogen-bond acceptors (Lipinski definition) is 6. The summed E-state index contributed by atoms with van der Waals surface area (Å²) in [5, 5.41) is 3.06. The molecule has 0 unspecified atom stereocenters. The molecule has 33 heavy (non-hydrogen) atoms. The molecule has 1 fully saturated rings. The Balaban J connectivity index is 0.000000252. The number of nitrogens with two attached hydrogens (primary N) is 1. The van der Waals surface area contributed by atoms with Crippen molar-refractivity contribution in [2.45, 2.75) is 45.7 Å². The summed E-state index contributed by atoms with van der Waals surface area (Å²) in [7, 11) is 0. The minimum Gasteiger partial charge on any atom is -0.398 e. The molecule has 174 valence electrons. The number of benzene rings is 2. The number of aromatic nitrogens is 2. The van der Waals surface area contributed by atoms with Crippen molar-refractivity contribution in [3.05, 3.63) is 66.0 Å². The maximum atomic E-state index is 12.2. The summed E-state index contributed by atoms with van der Waals surface area (Å²) >= 11 is 0. The number of anilines is 1. The molecule has 0 radical (unpaired) electrons. The third-order valence-electron chi connectivity index (χ3n) is 5.57. The van der Waals surface area contributed by atoms with Gasteiger partial charge in [-0.15, -0.1) is 0 Å². The second-order valence-electron chi connectivity index (χ2n) is 9.37. The molecule has 1 saturated heterocycles. The second-order valence-corrected chi connectivity index (χ2v) is 9.37. The van der Waals surface area contributed by atoms with E-state index in [9.17, 15) is 9.59 Å². The van der Waals surface area contributed by atoms with Crippen molar-refractivity contribution >= 4 is 28.9 Å². The van der Waals surface area contributed by atoms with Crippen LogP contribution in [0.3, 0.4) is 0 Å². The van der Waals surface area contributed by atoms with Gasteiger partial charge in [-0.1, -0.05) is 24.3 Å². The van der Waals surface area contributed by atoms with Gasteiger partial charge in [-0.05, 0) is 70.5 Å². The van der Waals surface area contributed by atoms with Gasteiger partial charge in [0.1, 0.15) is 0 Å². The van der Waals surface area contributed by atoms with Crippen LogP contribution in [0, 0.1) is 5.92 Å². The fourth-order valence-corrected chi connectivity index (χ4v) is 3.89. The van der Waals surface area contributed by atoms with Gasteiger partial charge in [-0.25, -0.2) is 0 Å². The van der Waals surface area contributed by atoms with Crippen molar-refractivity contribution in [3.8, 4) is 0 Å². The number of hydrogen-bond donors (Lipinski definition) is 2. The maximum Gasteiger partial charge on any atom is 0.223 e. The SMILES string of the molecule is CC(C)(C)NC(=O)C1CCN(Cc2cccc(N)c2C=O)CC1.c1ccc2nccnc2c1. The standard InChI is InChI=1S/C18H27N3O2.C8H6N2/c1-18(2,3)20-17(23)13-7-9-21(10-8-13)11-14-5-4-6-16(19)15(14)12-22;1-2-4-8-7(3-1)9-5-6-10-8/h4-6,12-13H,7-11,19H2,1-3H3,(H,20,23);1-6H. The summed E-state index contributed by atoms with van der Waals surface area (Å²) in [6.07, 6.45) is 5.92. The minimum absolute atomic E-state index is 0.0804. The van der Waals surface area contributed by atoms with Crippen molar-refractivity contribution < 1.29 is 9.59 Å². The Bertz CT molecular complexity index is 1020. The molecule has 1 aromatic heterocycles. The van der Waals surface area contributed by atoms with Crippen LogP contribution >= 0.6 is 0 Å². The molecule has 0 bridgehead atoms. The summed E-state index contributed by atoms with van der Waals surface area (Å²) < 4.78 is 0. The van der Waals surface area contributed by atoms with Crippen molar-refractivity contribution in [1.29, 1.82) is 0 Å². The fourth-order valence-electron chi connectivity index (χ4n) is 3.89. The van der Waals surface area contributed by atoms with Crippen LogP contribution in [0.2, 0.25) is 0 Å². The van der Waals surface area contributed by atoms with Crippen LogP contribution in [0.1, 0.15) is 49.5 Å². The largest absolute Gasteiger partial charge is 0.398 e. The number of nitrogen functional groups attached to an aromatic ring is 1. The lowest BCUT2D eigenvalue weighted by molar-refractivity contribution is -0.127. The molecule has 1 amide bonds. The molecule has 3 aromatic rings. The van der Waals surface area contributed by atoms with Crippen LogP contribution < -0.4 is 11.1 Å². The van der Waals surface area contributed by atoms with Crippen molar-refractivity contribution in [2.75, 3.05) is 18.8 Å². The highest BCUT2D eigenvalue weighted by atomic mass is 16.2. The van der Waals surface area contributed by atoms with E-state index in [1.807, 2.05) is 57.2 Å². The van der Waals surface area contributed by atoms with E-state index in [1.54, 1.807) is 18.5 Å². The van der Waals surface area contributed by atoms with Crippen LogP contribution in [-0.4, -0.2) is 45.7 Å². The molecule has 4 rings (SSSR count). The zero-order valence-electron chi connectivity index (χ0n) is 19.6. The molecule has 1 aliphatic rings. The van der Waals surface area contributed by atoms with E-state index in [-0.39, 0.29) is 17.4 Å². The Morgan fingerprint density at radius 3 is 2.21 bits per heavy atom. The summed E-state index contributed by atoms with van der Waals surface area (Å²) in [4.78, 5) is 34.0. The van der Waals surface area contributed by atoms with E-state index in [0.29, 0.717) is 17.8 Å². The normalized spacial score (nSPS) is 14.9. The molecule has 0 saturated carbocycles. The number of likely N-dealkylation sites (tertiary alicyclic amines) is 1. The lowest BCUT2D eigenvalue weighted by Crippen LogP contribution is -2.46. The quantitative estimate of drug-likeness (QED) is 0.465. The minimum atomic E-state index is -0.186. The van der Waals surface area contributed by atoms with Crippen molar-refractivity contribution in [2.24, 2.45) is 5.92 Å². The molecular weight excluding hydrogens is 414 g/mol.